The number of carbonyl (C=O) groups excluding carboxylic acids is 3. The van der Waals surface area contributed by atoms with Crippen LogP contribution in [-0.2, 0) is 19.7 Å². The monoisotopic (exact) mass is 482 g/mol. The van der Waals surface area contributed by atoms with Crippen LogP contribution in [0.5, 0.6) is 5.75 Å². The zero-order valence-electron chi connectivity index (χ0n) is 16.8. The van der Waals surface area contributed by atoms with Gasteiger partial charge >= 0.3 is 16.1 Å². The van der Waals surface area contributed by atoms with Crippen molar-refractivity contribution in [1.29, 1.82) is 0 Å². The SMILES string of the molecule is O=C1NC(=O)N(c2cccc(Cl)c2)C(=O)/C1=C/c1ccccc1OS(=O)(=O)c1ccccc1. The maximum absolute atomic E-state index is 13.1. The predicted octanol–water partition coefficient (Wildman–Crippen LogP) is 3.77. The number of benzene rings is 3. The van der Waals surface area contributed by atoms with Crippen LogP contribution in [0, 0.1) is 0 Å². The molecule has 0 unspecified atom stereocenters. The van der Waals surface area contributed by atoms with Crippen LogP contribution >= 0.6 is 11.6 Å². The first-order valence-corrected chi connectivity index (χ1v) is 11.3. The van der Waals surface area contributed by atoms with Gasteiger partial charge in [0, 0.05) is 10.6 Å². The second-order valence-corrected chi connectivity index (χ2v) is 8.81. The number of carbonyl (C=O) groups is 3. The van der Waals surface area contributed by atoms with Gasteiger partial charge in [-0.25, -0.2) is 9.69 Å². The number of halogens is 1. The Hall–Kier alpha value is -3.95. The molecule has 1 aliphatic heterocycles. The molecule has 33 heavy (non-hydrogen) atoms. The minimum Gasteiger partial charge on any atom is -0.378 e. The van der Waals surface area contributed by atoms with E-state index in [0.29, 0.717) is 5.02 Å². The van der Waals surface area contributed by atoms with Gasteiger partial charge in [-0.2, -0.15) is 8.42 Å². The van der Waals surface area contributed by atoms with Gasteiger partial charge in [0.25, 0.3) is 11.8 Å². The molecule has 1 aliphatic rings. The summed E-state index contributed by atoms with van der Waals surface area (Å²) in [5.74, 6) is -1.92. The van der Waals surface area contributed by atoms with Crippen molar-refractivity contribution in [3.8, 4) is 5.75 Å². The van der Waals surface area contributed by atoms with E-state index in [0.717, 1.165) is 11.0 Å². The second-order valence-electron chi connectivity index (χ2n) is 6.83. The highest BCUT2D eigenvalue weighted by atomic mass is 35.5. The first-order valence-electron chi connectivity index (χ1n) is 9.52. The molecule has 3 aromatic rings. The maximum atomic E-state index is 13.1. The molecule has 0 aromatic heterocycles. The fourth-order valence-corrected chi connectivity index (χ4v) is 4.25. The number of nitrogens with one attached hydrogen (secondary N) is 1. The Morgan fingerprint density at radius 1 is 0.879 bits per heavy atom. The Morgan fingerprint density at radius 3 is 2.30 bits per heavy atom. The number of nitrogens with zero attached hydrogens (tertiary/aromatic N) is 1. The summed E-state index contributed by atoms with van der Waals surface area (Å²) >= 11 is 5.96. The number of anilines is 1. The van der Waals surface area contributed by atoms with Gasteiger partial charge in [-0.05, 0) is 42.5 Å². The highest BCUT2D eigenvalue weighted by molar-refractivity contribution is 7.87. The van der Waals surface area contributed by atoms with E-state index in [1.807, 2.05) is 0 Å². The third kappa shape index (κ3) is 4.64. The summed E-state index contributed by atoms with van der Waals surface area (Å²) in [6.07, 6.45) is 1.16. The van der Waals surface area contributed by atoms with Gasteiger partial charge in [0.2, 0.25) is 0 Å². The number of barbiturate groups is 1. The molecule has 166 valence electrons. The molecule has 3 aromatic carbocycles. The van der Waals surface area contributed by atoms with E-state index in [4.69, 9.17) is 15.8 Å². The van der Waals surface area contributed by atoms with Crippen molar-refractivity contribution in [3.05, 3.63) is 95.0 Å². The molecule has 0 spiro atoms. The maximum Gasteiger partial charge on any atom is 0.339 e. The van der Waals surface area contributed by atoms with E-state index in [1.54, 1.807) is 42.5 Å². The average molecular weight is 483 g/mol. The van der Waals surface area contributed by atoms with E-state index in [1.165, 1.54) is 36.4 Å². The summed E-state index contributed by atoms with van der Waals surface area (Å²) in [6.45, 7) is 0. The first kappa shape index (κ1) is 22.3. The van der Waals surface area contributed by atoms with Gasteiger partial charge in [-0.15, -0.1) is 0 Å². The summed E-state index contributed by atoms with van der Waals surface area (Å²) < 4.78 is 30.5. The normalized spacial score (nSPS) is 15.5. The summed E-state index contributed by atoms with van der Waals surface area (Å²) in [5, 5.41) is 2.39. The van der Waals surface area contributed by atoms with Crippen molar-refractivity contribution in [2.45, 2.75) is 4.90 Å². The molecule has 0 bridgehead atoms. The van der Waals surface area contributed by atoms with Crippen molar-refractivity contribution in [1.82, 2.24) is 5.32 Å². The van der Waals surface area contributed by atoms with Crippen molar-refractivity contribution in [2.24, 2.45) is 0 Å². The zero-order valence-corrected chi connectivity index (χ0v) is 18.3. The van der Waals surface area contributed by atoms with Crippen LogP contribution in [0.2, 0.25) is 5.02 Å². The van der Waals surface area contributed by atoms with Crippen LogP contribution in [0.15, 0.2) is 89.3 Å². The third-order valence-corrected chi connectivity index (χ3v) is 6.10. The largest absolute Gasteiger partial charge is 0.378 e. The Labute approximate surface area is 194 Å². The van der Waals surface area contributed by atoms with Gasteiger partial charge in [0.05, 0.1) is 5.69 Å². The van der Waals surface area contributed by atoms with E-state index in [2.05, 4.69) is 5.32 Å². The lowest BCUT2D eigenvalue weighted by atomic mass is 10.1. The average Bonchev–Trinajstić information content (AvgIpc) is 2.78. The van der Waals surface area contributed by atoms with E-state index < -0.39 is 28.0 Å². The molecular formula is C23H15ClN2O6S. The van der Waals surface area contributed by atoms with Crippen LogP contribution in [0.25, 0.3) is 6.08 Å². The number of para-hydroxylation sites is 1. The smallest absolute Gasteiger partial charge is 0.339 e. The highest BCUT2D eigenvalue weighted by Crippen LogP contribution is 2.28. The van der Waals surface area contributed by atoms with Gasteiger partial charge in [0.15, 0.2) is 0 Å². The fraction of sp³-hybridized carbons (Fsp3) is 0. The molecule has 4 amide bonds. The molecule has 1 fully saturated rings. The van der Waals surface area contributed by atoms with Crippen LogP contribution in [0.4, 0.5) is 10.5 Å². The minimum atomic E-state index is -4.16. The molecule has 0 aliphatic carbocycles. The van der Waals surface area contributed by atoms with E-state index in [9.17, 15) is 22.8 Å². The Balaban J connectivity index is 1.72. The molecule has 1 N–H and O–H groups in total. The molecule has 1 heterocycles. The molecule has 0 saturated carbocycles. The van der Waals surface area contributed by atoms with Crippen LogP contribution < -0.4 is 14.4 Å². The lowest BCUT2D eigenvalue weighted by Gasteiger charge is -2.26. The van der Waals surface area contributed by atoms with Crippen molar-refractivity contribution >= 4 is 51.3 Å². The molecule has 4 rings (SSSR count). The van der Waals surface area contributed by atoms with Crippen LogP contribution in [0.1, 0.15) is 5.56 Å². The summed E-state index contributed by atoms with van der Waals surface area (Å²) in [5.41, 5.74) is -0.0711. The molecule has 8 nitrogen and oxygen atoms in total. The standard InChI is InChI=1S/C23H15ClN2O6S/c24-16-8-6-9-17(14-16)26-22(28)19(21(27)25-23(26)29)13-15-7-4-5-12-20(15)32-33(30,31)18-10-2-1-3-11-18/h1-14H,(H,25,27,29)/b19-13+. The molecule has 0 radical (unpaired) electrons. The number of hydrogen-bond acceptors (Lipinski definition) is 6. The number of amides is 4. The number of hydrogen-bond donors (Lipinski definition) is 1. The number of urea groups is 1. The van der Waals surface area contributed by atoms with Gasteiger partial charge < -0.3 is 4.18 Å². The van der Waals surface area contributed by atoms with Gasteiger partial charge in [0.1, 0.15) is 16.2 Å². The van der Waals surface area contributed by atoms with Crippen LogP contribution in [0.3, 0.4) is 0 Å². The van der Waals surface area contributed by atoms with Gasteiger partial charge in [-0.1, -0.05) is 54.1 Å². The minimum absolute atomic E-state index is 0.0586. The van der Waals surface area contributed by atoms with Crippen LogP contribution in [-0.4, -0.2) is 26.3 Å². The Bertz CT molecular complexity index is 1400. The zero-order chi connectivity index (χ0) is 23.6. The Morgan fingerprint density at radius 2 is 1.58 bits per heavy atom. The molecule has 1 saturated heterocycles. The van der Waals surface area contributed by atoms with Crippen molar-refractivity contribution in [2.75, 3.05) is 4.90 Å². The highest BCUT2D eigenvalue weighted by Gasteiger charge is 2.37. The number of rotatable bonds is 5. The summed E-state index contributed by atoms with van der Waals surface area (Å²) in [6, 6.07) is 18.6. The molecule has 10 heteroatoms. The van der Waals surface area contributed by atoms with E-state index in [-0.39, 0.29) is 27.5 Å². The molecule has 0 atom stereocenters. The molecular weight excluding hydrogens is 468 g/mol. The number of imide groups is 2. The van der Waals surface area contributed by atoms with Crippen molar-refractivity contribution < 1.29 is 27.0 Å². The first-order chi connectivity index (χ1) is 15.8. The summed E-state index contributed by atoms with van der Waals surface area (Å²) in [4.78, 5) is 38.5. The van der Waals surface area contributed by atoms with E-state index >= 15 is 0 Å². The summed E-state index contributed by atoms with van der Waals surface area (Å²) in [7, 11) is -4.16. The topological polar surface area (TPSA) is 110 Å². The Kier molecular flexibility index (Phi) is 5.99. The quantitative estimate of drug-likeness (QED) is 0.337. The lowest BCUT2D eigenvalue weighted by Crippen LogP contribution is -2.54. The lowest BCUT2D eigenvalue weighted by molar-refractivity contribution is -0.122. The third-order valence-electron chi connectivity index (χ3n) is 4.62. The van der Waals surface area contributed by atoms with Gasteiger partial charge in [-0.3, -0.25) is 14.9 Å². The fourth-order valence-electron chi connectivity index (χ4n) is 3.09. The second kappa shape index (κ2) is 8.89. The predicted molar refractivity (Wildman–Crippen MR) is 121 cm³/mol. The van der Waals surface area contributed by atoms with Crippen molar-refractivity contribution in [3.63, 3.8) is 0 Å².